The van der Waals surface area contributed by atoms with Crippen LogP contribution in [0.1, 0.15) is 5.56 Å². The number of aliphatic hydroxyl groups excluding tert-OH is 4. The van der Waals surface area contributed by atoms with E-state index in [-0.39, 0.29) is 11.5 Å². The topological polar surface area (TPSA) is 157 Å². The number of hydrogen-bond acceptors (Lipinski definition) is 8. The number of carboxylic acid groups (broad SMARTS) is 1. The molecule has 0 saturated carbocycles. The zero-order chi connectivity index (χ0) is 17.9. The molecule has 0 spiro atoms. The average Bonchev–Trinajstić information content (AvgIpc) is 2.55. The molecule has 0 bridgehead atoms. The third-order valence-electron chi connectivity index (χ3n) is 3.49. The third kappa shape index (κ3) is 4.02. The van der Waals surface area contributed by atoms with E-state index in [0.717, 1.165) is 6.08 Å². The minimum absolute atomic E-state index is 0.0909. The number of aromatic hydroxyl groups is 1. The maximum Gasteiger partial charge on any atom is 0.328 e. The van der Waals surface area contributed by atoms with Gasteiger partial charge in [-0.3, -0.25) is 0 Å². The van der Waals surface area contributed by atoms with Gasteiger partial charge in [-0.05, 0) is 23.8 Å². The molecule has 1 fully saturated rings. The lowest BCUT2D eigenvalue weighted by atomic mass is 9.99. The Hall–Kier alpha value is -2.17. The molecule has 0 radical (unpaired) electrons. The molecular formula is C15H18O9. The van der Waals surface area contributed by atoms with E-state index in [1.54, 1.807) is 0 Å². The van der Waals surface area contributed by atoms with E-state index in [4.69, 9.17) is 19.7 Å². The first-order chi connectivity index (χ1) is 11.3. The van der Waals surface area contributed by atoms with Crippen molar-refractivity contribution < 1.29 is 44.9 Å². The largest absolute Gasteiger partial charge is 0.504 e. The summed E-state index contributed by atoms with van der Waals surface area (Å²) >= 11 is 0. The molecule has 1 aromatic rings. The summed E-state index contributed by atoms with van der Waals surface area (Å²) in [5.74, 6) is -1.58. The van der Waals surface area contributed by atoms with E-state index in [9.17, 15) is 25.2 Å². The van der Waals surface area contributed by atoms with E-state index in [1.807, 2.05) is 0 Å². The first-order valence-electron chi connectivity index (χ1n) is 7.04. The Labute approximate surface area is 136 Å². The summed E-state index contributed by atoms with van der Waals surface area (Å²) in [6.07, 6.45) is -5.11. The summed E-state index contributed by atoms with van der Waals surface area (Å²) in [4.78, 5) is 10.5. The van der Waals surface area contributed by atoms with Crippen LogP contribution in [0.4, 0.5) is 0 Å². The number of carboxylic acids is 1. The van der Waals surface area contributed by atoms with Gasteiger partial charge in [-0.1, -0.05) is 6.07 Å². The van der Waals surface area contributed by atoms with Crippen molar-refractivity contribution in [2.24, 2.45) is 0 Å². The molecule has 132 valence electrons. The van der Waals surface area contributed by atoms with Gasteiger partial charge in [0.15, 0.2) is 11.5 Å². The number of aliphatic hydroxyl groups is 4. The molecule has 1 aliphatic heterocycles. The minimum atomic E-state index is -1.60. The van der Waals surface area contributed by atoms with E-state index >= 15 is 0 Å². The van der Waals surface area contributed by atoms with Gasteiger partial charge in [-0.2, -0.15) is 0 Å². The van der Waals surface area contributed by atoms with Crippen LogP contribution in [-0.4, -0.2) is 73.9 Å². The predicted molar refractivity (Wildman–Crippen MR) is 79.2 cm³/mol. The van der Waals surface area contributed by atoms with Crippen LogP contribution in [0.3, 0.4) is 0 Å². The second-order valence-corrected chi connectivity index (χ2v) is 5.21. The number of benzene rings is 1. The number of phenolic OH excluding ortho intramolecular Hbond substituents is 1. The quantitative estimate of drug-likeness (QED) is 0.357. The van der Waals surface area contributed by atoms with Gasteiger partial charge in [0.1, 0.15) is 24.4 Å². The van der Waals surface area contributed by atoms with Gasteiger partial charge < -0.3 is 40.1 Å². The van der Waals surface area contributed by atoms with Crippen molar-refractivity contribution in [2.75, 3.05) is 6.61 Å². The van der Waals surface area contributed by atoms with Crippen molar-refractivity contribution in [1.82, 2.24) is 0 Å². The van der Waals surface area contributed by atoms with Gasteiger partial charge in [0.2, 0.25) is 6.29 Å². The van der Waals surface area contributed by atoms with Crippen molar-refractivity contribution in [3.63, 3.8) is 0 Å². The molecule has 6 N–H and O–H groups in total. The zero-order valence-corrected chi connectivity index (χ0v) is 12.4. The van der Waals surface area contributed by atoms with Crippen molar-refractivity contribution in [3.8, 4) is 11.5 Å². The number of carbonyl (C=O) groups is 1. The summed E-state index contributed by atoms with van der Waals surface area (Å²) in [5.41, 5.74) is 0.399. The van der Waals surface area contributed by atoms with Crippen LogP contribution in [0, 0.1) is 0 Å². The van der Waals surface area contributed by atoms with E-state index in [0.29, 0.717) is 5.56 Å². The maximum absolute atomic E-state index is 10.5. The molecule has 24 heavy (non-hydrogen) atoms. The maximum atomic E-state index is 10.5. The molecule has 0 aliphatic carbocycles. The first kappa shape index (κ1) is 18.2. The van der Waals surface area contributed by atoms with Crippen LogP contribution in [0.5, 0.6) is 11.5 Å². The van der Waals surface area contributed by atoms with Crippen LogP contribution in [-0.2, 0) is 9.53 Å². The first-order valence-corrected chi connectivity index (χ1v) is 7.04. The molecule has 2 rings (SSSR count). The Morgan fingerprint density at radius 1 is 1.21 bits per heavy atom. The normalized spacial score (nSPS) is 30.4. The number of phenols is 1. The average molecular weight is 342 g/mol. The number of ether oxygens (including phenoxy) is 2. The number of rotatable bonds is 5. The lowest BCUT2D eigenvalue weighted by Gasteiger charge is -2.39. The molecular weight excluding hydrogens is 324 g/mol. The molecule has 1 saturated heterocycles. The molecule has 1 aromatic carbocycles. The van der Waals surface area contributed by atoms with Gasteiger partial charge in [0, 0.05) is 6.08 Å². The minimum Gasteiger partial charge on any atom is -0.504 e. The van der Waals surface area contributed by atoms with Gasteiger partial charge in [0.25, 0.3) is 0 Å². The zero-order valence-electron chi connectivity index (χ0n) is 12.4. The Balaban J connectivity index is 2.13. The second kappa shape index (κ2) is 7.60. The predicted octanol–water partition coefficient (Wildman–Crippen LogP) is -1.33. The van der Waals surface area contributed by atoms with Gasteiger partial charge in [-0.25, -0.2) is 4.79 Å². The number of hydrogen-bond donors (Lipinski definition) is 6. The van der Waals surface area contributed by atoms with E-state index < -0.39 is 43.3 Å². The Morgan fingerprint density at radius 3 is 2.50 bits per heavy atom. The lowest BCUT2D eigenvalue weighted by Crippen LogP contribution is -2.60. The molecule has 1 aliphatic rings. The molecule has 9 nitrogen and oxygen atoms in total. The summed E-state index contributed by atoms with van der Waals surface area (Å²) in [5, 5.41) is 56.8. The van der Waals surface area contributed by atoms with Crippen molar-refractivity contribution in [3.05, 3.63) is 29.8 Å². The summed E-state index contributed by atoms with van der Waals surface area (Å²) < 4.78 is 10.4. The van der Waals surface area contributed by atoms with Crippen LogP contribution < -0.4 is 4.74 Å². The Bertz CT molecular complexity index is 613. The summed E-state index contributed by atoms with van der Waals surface area (Å²) in [6, 6.07) is 4.01. The molecule has 0 aromatic heterocycles. The summed E-state index contributed by atoms with van der Waals surface area (Å²) in [7, 11) is 0. The van der Waals surface area contributed by atoms with Crippen molar-refractivity contribution in [1.29, 1.82) is 0 Å². The van der Waals surface area contributed by atoms with E-state index in [1.165, 1.54) is 24.3 Å². The molecule has 5 unspecified atom stereocenters. The standard InChI is InChI=1S/C15H18O9/c16-6-10-12(20)13(21)14(22)15(24-10)23-9-3-1-7(5-8(9)17)2-4-11(18)19/h1-5,10,12-17,20-22H,6H2,(H,18,19). The highest BCUT2D eigenvalue weighted by Gasteiger charge is 2.44. The molecule has 0 amide bonds. The molecule has 1 heterocycles. The smallest absolute Gasteiger partial charge is 0.328 e. The SMILES string of the molecule is O=C(O)C=Cc1ccc(OC2OC(CO)C(O)C(O)C2O)c(O)c1. The Kier molecular flexibility index (Phi) is 5.75. The van der Waals surface area contributed by atoms with Crippen LogP contribution in [0.25, 0.3) is 6.08 Å². The van der Waals surface area contributed by atoms with E-state index in [2.05, 4.69) is 0 Å². The fourth-order valence-electron chi connectivity index (χ4n) is 2.20. The van der Waals surface area contributed by atoms with Crippen molar-refractivity contribution in [2.45, 2.75) is 30.7 Å². The second-order valence-electron chi connectivity index (χ2n) is 5.21. The molecule has 5 atom stereocenters. The van der Waals surface area contributed by atoms with Crippen LogP contribution in [0.15, 0.2) is 24.3 Å². The Morgan fingerprint density at radius 2 is 1.92 bits per heavy atom. The highest BCUT2D eigenvalue weighted by Crippen LogP contribution is 2.31. The fourth-order valence-corrected chi connectivity index (χ4v) is 2.20. The number of aliphatic carboxylic acids is 1. The highest BCUT2D eigenvalue weighted by molar-refractivity contribution is 5.85. The van der Waals surface area contributed by atoms with Crippen LogP contribution >= 0.6 is 0 Å². The third-order valence-corrected chi connectivity index (χ3v) is 3.49. The van der Waals surface area contributed by atoms with Crippen LogP contribution in [0.2, 0.25) is 0 Å². The highest BCUT2D eigenvalue weighted by atomic mass is 16.7. The van der Waals surface area contributed by atoms with Gasteiger partial charge in [-0.15, -0.1) is 0 Å². The molecule has 9 heteroatoms. The lowest BCUT2D eigenvalue weighted by molar-refractivity contribution is -0.277. The fraction of sp³-hybridized carbons (Fsp3) is 0.400. The summed E-state index contributed by atoms with van der Waals surface area (Å²) in [6.45, 7) is -0.601. The monoisotopic (exact) mass is 342 g/mol. The van der Waals surface area contributed by atoms with Crippen molar-refractivity contribution >= 4 is 12.0 Å². The van der Waals surface area contributed by atoms with Gasteiger partial charge in [0.05, 0.1) is 6.61 Å². The van der Waals surface area contributed by atoms with Gasteiger partial charge >= 0.3 is 5.97 Å².